The maximum atomic E-state index is 11.4. The minimum atomic E-state index is -0.568. The Bertz CT molecular complexity index is 1120. The first-order valence-corrected chi connectivity index (χ1v) is 8.57. The van der Waals surface area contributed by atoms with Crippen molar-refractivity contribution in [2.24, 2.45) is 16.8 Å². The molecule has 0 radical (unpaired) electrons. The molecule has 0 amide bonds. The molecule has 9 heteroatoms. The topological polar surface area (TPSA) is 154 Å². The Balaban J connectivity index is 1.64. The van der Waals surface area contributed by atoms with Crippen LogP contribution in [0.1, 0.15) is 22.4 Å². The highest BCUT2D eigenvalue weighted by atomic mass is 16.3. The zero-order valence-corrected chi connectivity index (χ0v) is 15.3. The number of hydrazine groups is 1. The number of nitrogens with two attached hydrogens (primary N) is 2. The quantitative estimate of drug-likeness (QED) is 0.125. The fraction of sp³-hybridized carbons (Fsp3) is 0.0500. The second kappa shape index (κ2) is 9.07. The first-order chi connectivity index (χ1) is 14.1. The van der Waals surface area contributed by atoms with E-state index in [4.69, 9.17) is 11.7 Å². The fourth-order valence-corrected chi connectivity index (χ4v) is 2.47. The Morgan fingerprint density at radius 1 is 1.10 bits per heavy atom. The van der Waals surface area contributed by atoms with Gasteiger partial charge in [0.25, 0.3) is 5.56 Å². The molecule has 0 unspecified atom stereocenters. The van der Waals surface area contributed by atoms with Crippen LogP contribution >= 0.6 is 0 Å². The monoisotopic (exact) mass is 389 g/mol. The number of benzene rings is 2. The van der Waals surface area contributed by atoms with Crippen molar-refractivity contribution in [2.75, 3.05) is 5.32 Å². The van der Waals surface area contributed by atoms with Gasteiger partial charge in [0.15, 0.2) is 5.84 Å². The van der Waals surface area contributed by atoms with Crippen molar-refractivity contribution in [3.8, 4) is 17.6 Å². The molecule has 146 valence electrons. The van der Waals surface area contributed by atoms with Gasteiger partial charge in [-0.2, -0.15) is 5.10 Å². The van der Waals surface area contributed by atoms with E-state index in [1.165, 1.54) is 6.33 Å². The van der Waals surface area contributed by atoms with Crippen molar-refractivity contribution in [3.63, 3.8) is 0 Å². The number of anilines is 1. The summed E-state index contributed by atoms with van der Waals surface area (Å²) in [4.78, 5) is 17.6. The number of hydrogen-bond acceptors (Lipinski definition) is 7. The molecular formula is C20H19N7O2. The van der Waals surface area contributed by atoms with Crippen LogP contribution in [0.15, 0.2) is 64.8 Å². The first-order valence-electron chi connectivity index (χ1n) is 8.57. The zero-order valence-electron chi connectivity index (χ0n) is 15.3. The number of aromatic nitrogens is 2. The van der Waals surface area contributed by atoms with Crippen molar-refractivity contribution >= 4 is 11.5 Å². The summed E-state index contributed by atoms with van der Waals surface area (Å²) < 4.78 is 0. The van der Waals surface area contributed by atoms with Crippen molar-refractivity contribution in [1.29, 1.82) is 0 Å². The van der Waals surface area contributed by atoms with Crippen molar-refractivity contribution in [3.05, 3.63) is 87.6 Å². The van der Waals surface area contributed by atoms with Gasteiger partial charge in [-0.1, -0.05) is 11.8 Å². The summed E-state index contributed by atoms with van der Waals surface area (Å²) in [6, 6.07) is 14.8. The molecule has 3 aromatic rings. The maximum absolute atomic E-state index is 11.4. The number of H-pyrrole nitrogens is 1. The van der Waals surface area contributed by atoms with E-state index in [0.29, 0.717) is 5.84 Å². The third kappa shape index (κ3) is 4.91. The van der Waals surface area contributed by atoms with Crippen molar-refractivity contribution in [2.45, 2.75) is 6.54 Å². The summed E-state index contributed by atoms with van der Waals surface area (Å²) >= 11 is 0. The SMILES string of the molecule is N/N=C(\NN)c1ccc(C#Cc2ccc(NCc3nc[nH]c(=O)c3O)cc2)cc1. The molecule has 0 aliphatic carbocycles. The minimum absolute atomic E-state index is 0.221. The highest BCUT2D eigenvalue weighted by Gasteiger charge is 2.06. The molecule has 1 heterocycles. The van der Waals surface area contributed by atoms with Crippen LogP contribution in [-0.2, 0) is 6.54 Å². The van der Waals surface area contributed by atoms with Crippen LogP contribution in [0.3, 0.4) is 0 Å². The predicted octanol–water partition coefficient (Wildman–Crippen LogP) is 0.571. The summed E-state index contributed by atoms with van der Waals surface area (Å²) in [7, 11) is 0. The van der Waals surface area contributed by atoms with Gasteiger partial charge in [0.2, 0.25) is 5.75 Å². The number of hydrogen-bond donors (Lipinski definition) is 6. The Morgan fingerprint density at radius 3 is 2.31 bits per heavy atom. The number of aromatic amines is 1. The standard InChI is InChI=1S/C20H19N7O2/c21-26-19(27-22)15-7-3-13(4-8-15)1-2-14-5-9-16(10-6-14)23-11-17-18(28)20(29)25-12-24-17/h3-10,12,23,28H,11,21-22H2,(H,26,27)(H,24,25,29). The number of nitrogens with zero attached hydrogens (tertiary/aromatic N) is 2. The van der Waals surface area contributed by atoms with Gasteiger partial charge in [-0.05, 0) is 48.5 Å². The van der Waals surface area contributed by atoms with Gasteiger partial charge in [-0.25, -0.2) is 10.8 Å². The van der Waals surface area contributed by atoms with Crippen LogP contribution in [0.2, 0.25) is 0 Å². The van der Waals surface area contributed by atoms with Gasteiger partial charge in [0.1, 0.15) is 5.69 Å². The molecule has 8 N–H and O–H groups in total. The summed E-state index contributed by atoms with van der Waals surface area (Å²) in [5.74, 6) is 16.8. The highest BCUT2D eigenvalue weighted by molar-refractivity contribution is 5.98. The van der Waals surface area contributed by atoms with E-state index in [2.05, 4.69) is 37.7 Å². The average Bonchev–Trinajstić information content (AvgIpc) is 2.76. The number of amidine groups is 1. The number of hydrazone groups is 1. The van der Waals surface area contributed by atoms with E-state index >= 15 is 0 Å². The van der Waals surface area contributed by atoms with Gasteiger partial charge in [0.05, 0.1) is 12.9 Å². The Hall–Kier alpha value is -4.29. The van der Waals surface area contributed by atoms with E-state index in [1.807, 2.05) is 48.5 Å². The Kier molecular flexibility index (Phi) is 6.09. The molecule has 0 atom stereocenters. The lowest BCUT2D eigenvalue weighted by Crippen LogP contribution is -2.31. The smallest absolute Gasteiger partial charge is 0.293 e. The van der Waals surface area contributed by atoms with E-state index in [1.54, 1.807) is 0 Å². The molecule has 0 aliphatic heterocycles. The van der Waals surface area contributed by atoms with E-state index in [9.17, 15) is 9.90 Å². The van der Waals surface area contributed by atoms with Gasteiger partial charge < -0.3 is 26.7 Å². The summed E-state index contributed by atoms with van der Waals surface area (Å²) in [5, 5.41) is 16.3. The summed E-state index contributed by atoms with van der Waals surface area (Å²) in [5.41, 5.74) is 5.37. The van der Waals surface area contributed by atoms with E-state index in [-0.39, 0.29) is 18.0 Å². The Morgan fingerprint density at radius 2 is 1.72 bits per heavy atom. The minimum Gasteiger partial charge on any atom is -0.502 e. The van der Waals surface area contributed by atoms with Gasteiger partial charge >= 0.3 is 0 Å². The lowest BCUT2D eigenvalue weighted by molar-refractivity contribution is 0.455. The number of aromatic hydroxyl groups is 1. The molecule has 3 rings (SSSR count). The first kappa shape index (κ1) is 19.5. The third-order valence-corrected chi connectivity index (χ3v) is 4.02. The third-order valence-electron chi connectivity index (χ3n) is 4.02. The molecule has 1 aromatic heterocycles. The summed E-state index contributed by atoms with van der Waals surface area (Å²) in [6.07, 6.45) is 1.25. The Labute approximate surface area is 166 Å². The maximum Gasteiger partial charge on any atom is 0.293 e. The molecule has 0 saturated carbocycles. The molecule has 0 spiro atoms. The normalized spacial score (nSPS) is 10.7. The van der Waals surface area contributed by atoms with E-state index < -0.39 is 5.56 Å². The molecule has 0 aliphatic rings. The molecule has 0 fully saturated rings. The molecule has 0 saturated heterocycles. The predicted molar refractivity (Wildman–Crippen MR) is 111 cm³/mol. The molecule has 2 aromatic carbocycles. The largest absolute Gasteiger partial charge is 0.502 e. The van der Waals surface area contributed by atoms with Gasteiger partial charge in [0, 0.05) is 22.4 Å². The van der Waals surface area contributed by atoms with E-state index in [0.717, 1.165) is 22.4 Å². The van der Waals surface area contributed by atoms with Crippen LogP contribution in [0.4, 0.5) is 5.69 Å². The lowest BCUT2D eigenvalue weighted by atomic mass is 10.1. The average molecular weight is 389 g/mol. The van der Waals surface area contributed by atoms with Crippen molar-refractivity contribution < 1.29 is 5.11 Å². The van der Waals surface area contributed by atoms with Crippen LogP contribution in [0.5, 0.6) is 5.75 Å². The number of nitrogens with one attached hydrogen (secondary N) is 3. The second-order valence-corrected chi connectivity index (χ2v) is 5.91. The lowest BCUT2D eigenvalue weighted by Gasteiger charge is -2.06. The molecule has 29 heavy (non-hydrogen) atoms. The fourth-order valence-electron chi connectivity index (χ4n) is 2.47. The molecule has 0 bridgehead atoms. The molecule has 9 nitrogen and oxygen atoms in total. The number of rotatable bonds is 4. The van der Waals surface area contributed by atoms with Crippen molar-refractivity contribution in [1.82, 2.24) is 15.4 Å². The van der Waals surface area contributed by atoms with Crippen LogP contribution < -0.4 is 28.0 Å². The van der Waals surface area contributed by atoms with Crippen LogP contribution in [-0.4, -0.2) is 20.9 Å². The van der Waals surface area contributed by atoms with Gasteiger partial charge in [-0.3, -0.25) is 4.79 Å². The van der Waals surface area contributed by atoms with Crippen LogP contribution in [0, 0.1) is 11.8 Å². The summed E-state index contributed by atoms with van der Waals surface area (Å²) in [6.45, 7) is 0.221. The molecular weight excluding hydrogens is 370 g/mol. The highest BCUT2D eigenvalue weighted by Crippen LogP contribution is 2.13. The van der Waals surface area contributed by atoms with Crippen LogP contribution in [0.25, 0.3) is 0 Å². The van der Waals surface area contributed by atoms with Gasteiger partial charge in [-0.15, -0.1) is 0 Å². The zero-order chi connectivity index (χ0) is 20.6. The second-order valence-electron chi connectivity index (χ2n) is 5.91.